The Labute approximate surface area is 113 Å². The molecule has 2 aliphatic heterocycles. The van der Waals surface area contributed by atoms with Crippen LogP contribution < -0.4 is 4.74 Å². The average molecular weight is 267 g/mol. The molecule has 98 valence electrons. The van der Waals surface area contributed by atoms with Crippen LogP contribution in [0, 0.1) is 0 Å². The molecule has 2 atom stereocenters. The lowest BCUT2D eigenvalue weighted by Crippen LogP contribution is -2.49. The number of rotatable bonds is 0. The summed E-state index contributed by atoms with van der Waals surface area (Å²) >= 11 is 6.38. The molecule has 0 bridgehead atoms. The van der Waals surface area contributed by atoms with E-state index < -0.39 is 0 Å². The highest BCUT2D eigenvalue weighted by Crippen LogP contribution is 2.50. The second-order valence-electron chi connectivity index (χ2n) is 5.97. The van der Waals surface area contributed by atoms with Gasteiger partial charge in [0.15, 0.2) is 0 Å². The van der Waals surface area contributed by atoms with Crippen molar-refractivity contribution in [3.05, 3.63) is 29.8 Å². The van der Waals surface area contributed by atoms with Gasteiger partial charge in [0.25, 0.3) is 0 Å². The normalized spacial score (nSPS) is 33.8. The van der Waals surface area contributed by atoms with Crippen molar-refractivity contribution >= 4 is 11.6 Å². The SMILES string of the molecule is CC1(C)CC2(CC(Cl)CCO2)c2ccccc2O1. The van der Waals surface area contributed by atoms with E-state index in [0.717, 1.165) is 37.2 Å². The minimum atomic E-state index is -0.261. The van der Waals surface area contributed by atoms with Crippen LogP contribution in [0.15, 0.2) is 24.3 Å². The average Bonchev–Trinajstić information content (AvgIpc) is 2.27. The molecule has 1 fully saturated rings. The molecule has 2 unspecified atom stereocenters. The molecule has 2 aliphatic rings. The number of alkyl halides is 1. The summed E-state index contributed by atoms with van der Waals surface area (Å²) in [7, 11) is 0. The van der Waals surface area contributed by atoms with Gasteiger partial charge in [-0.1, -0.05) is 18.2 Å². The number of hydrogen-bond acceptors (Lipinski definition) is 2. The molecule has 1 aromatic carbocycles. The van der Waals surface area contributed by atoms with Crippen LogP contribution in [0.3, 0.4) is 0 Å². The Hall–Kier alpha value is -0.730. The summed E-state index contributed by atoms with van der Waals surface area (Å²) in [6.07, 6.45) is 2.67. The van der Waals surface area contributed by atoms with Gasteiger partial charge in [-0.15, -0.1) is 11.6 Å². The van der Waals surface area contributed by atoms with Gasteiger partial charge in [0, 0.05) is 24.0 Å². The van der Waals surface area contributed by atoms with Gasteiger partial charge in [-0.05, 0) is 32.8 Å². The first-order valence-electron chi connectivity index (χ1n) is 6.57. The van der Waals surface area contributed by atoms with Gasteiger partial charge in [0.1, 0.15) is 17.0 Å². The first kappa shape index (κ1) is 12.3. The smallest absolute Gasteiger partial charge is 0.126 e. The molecule has 0 aromatic heterocycles. The maximum Gasteiger partial charge on any atom is 0.126 e. The van der Waals surface area contributed by atoms with E-state index >= 15 is 0 Å². The molecule has 1 saturated heterocycles. The molecule has 2 heterocycles. The molecule has 0 aliphatic carbocycles. The van der Waals surface area contributed by atoms with Gasteiger partial charge in [-0.2, -0.15) is 0 Å². The lowest BCUT2D eigenvalue weighted by molar-refractivity contribution is -0.134. The van der Waals surface area contributed by atoms with Crippen molar-refractivity contribution in [1.29, 1.82) is 0 Å². The first-order valence-corrected chi connectivity index (χ1v) is 7.01. The second kappa shape index (κ2) is 4.14. The Morgan fingerprint density at radius 2 is 2.06 bits per heavy atom. The largest absolute Gasteiger partial charge is 0.487 e. The zero-order valence-corrected chi connectivity index (χ0v) is 11.7. The Balaban J connectivity index is 2.08. The summed E-state index contributed by atoms with van der Waals surface area (Å²) < 4.78 is 12.2. The number of halogens is 1. The highest BCUT2D eigenvalue weighted by atomic mass is 35.5. The zero-order chi connectivity index (χ0) is 12.8. The van der Waals surface area contributed by atoms with Crippen LogP contribution in [0.5, 0.6) is 5.75 Å². The fourth-order valence-electron chi connectivity index (χ4n) is 3.26. The van der Waals surface area contributed by atoms with E-state index in [1.807, 2.05) is 18.2 Å². The third-order valence-corrected chi connectivity index (χ3v) is 4.21. The number of benzene rings is 1. The van der Waals surface area contributed by atoms with Crippen molar-refractivity contribution in [1.82, 2.24) is 0 Å². The van der Waals surface area contributed by atoms with E-state index in [4.69, 9.17) is 21.1 Å². The van der Waals surface area contributed by atoms with Crippen molar-refractivity contribution in [2.45, 2.75) is 49.7 Å². The van der Waals surface area contributed by atoms with Crippen LogP contribution in [0.25, 0.3) is 0 Å². The Kier molecular flexibility index (Phi) is 2.83. The first-order chi connectivity index (χ1) is 8.51. The van der Waals surface area contributed by atoms with Crippen LogP contribution in [0.4, 0.5) is 0 Å². The third-order valence-electron chi connectivity index (χ3n) is 3.84. The van der Waals surface area contributed by atoms with E-state index in [9.17, 15) is 0 Å². The molecular formula is C15H19ClO2. The standard InChI is InChI=1S/C15H19ClO2/c1-14(2)10-15(9-11(16)7-8-17-15)12-5-3-4-6-13(12)18-14/h3-6,11H,7-10H2,1-2H3. The summed E-state index contributed by atoms with van der Waals surface area (Å²) in [4.78, 5) is 0. The Bertz CT molecular complexity index is 458. The van der Waals surface area contributed by atoms with E-state index in [1.165, 1.54) is 0 Å². The predicted molar refractivity (Wildman–Crippen MR) is 72.3 cm³/mol. The highest BCUT2D eigenvalue weighted by Gasteiger charge is 2.48. The number of hydrogen-bond donors (Lipinski definition) is 0. The lowest BCUT2D eigenvalue weighted by atomic mass is 9.76. The van der Waals surface area contributed by atoms with Crippen LogP contribution in [0.1, 0.15) is 38.7 Å². The van der Waals surface area contributed by atoms with Crippen molar-refractivity contribution < 1.29 is 9.47 Å². The molecule has 0 amide bonds. The fourth-order valence-corrected chi connectivity index (χ4v) is 3.60. The highest BCUT2D eigenvalue weighted by molar-refractivity contribution is 6.20. The van der Waals surface area contributed by atoms with Crippen molar-refractivity contribution in [3.8, 4) is 5.75 Å². The van der Waals surface area contributed by atoms with E-state index in [0.29, 0.717) is 0 Å². The molecule has 0 radical (unpaired) electrons. The van der Waals surface area contributed by atoms with Crippen LogP contribution in [0.2, 0.25) is 0 Å². The van der Waals surface area contributed by atoms with Gasteiger partial charge < -0.3 is 9.47 Å². The van der Waals surface area contributed by atoms with Crippen molar-refractivity contribution in [2.24, 2.45) is 0 Å². The van der Waals surface area contributed by atoms with Crippen LogP contribution in [-0.4, -0.2) is 17.6 Å². The van der Waals surface area contributed by atoms with Gasteiger partial charge in [-0.25, -0.2) is 0 Å². The minimum absolute atomic E-state index is 0.195. The van der Waals surface area contributed by atoms with Gasteiger partial charge in [0.2, 0.25) is 0 Å². The fraction of sp³-hybridized carbons (Fsp3) is 0.600. The number of para-hydroxylation sites is 1. The molecule has 0 N–H and O–H groups in total. The van der Waals surface area contributed by atoms with Crippen LogP contribution >= 0.6 is 11.6 Å². The van der Waals surface area contributed by atoms with Crippen LogP contribution in [-0.2, 0) is 10.3 Å². The van der Waals surface area contributed by atoms with Gasteiger partial charge in [0.05, 0.1) is 0 Å². The summed E-state index contributed by atoms with van der Waals surface area (Å²) in [5, 5.41) is 0.195. The summed E-state index contributed by atoms with van der Waals surface area (Å²) in [5.41, 5.74) is 0.695. The number of fused-ring (bicyclic) bond motifs is 2. The minimum Gasteiger partial charge on any atom is -0.487 e. The quantitative estimate of drug-likeness (QED) is 0.664. The zero-order valence-electron chi connectivity index (χ0n) is 10.9. The molecule has 0 saturated carbocycles. The number of ether oxygens (including phenoxy) is 2. The Morgan fingerprint density at radius 1 is 1.28 bits per heavy atom. The molecular weight excluding hydrogens is 248 g/mol. The molecule has 18 heavy (non-hydrogen) atoms. The molecule has 3 rings (SSSR count). The van der Waals surface area contributed by atoms with Crippen molar-refractivity contribution in [2.75, 3.05) is 6.61 Å². The second-order valence-corrected chi connectivity index (χ2v) is 6.58. The molecule has 2 nitrogen and oxygen atoms in total. The van der Waals surface area contributed by atoms with E-state index in [2.05, 4.69) is 19.9 Å². The predicted octanol–water partition coefficient (Wildman–Crippen LogP) is 3.86. The van der Waals surface area contributed by atoms with Gasteiger partial charge >= 0.3 is 0 Å². The molecule has 1 aromatic rings. The summed E-state index contributed by atoms with van der Waals surface area (Å²) in [6.45, 7) is 4.97. The maximum atomic E-state index is 6.38. The van der Waals surface area contributed by atoms with Gasteiger partial charge in [-0.3, -0.25) is 0 Å². The molecule has 3 heteroatoms. The lowest BCUT2D eigenvalue weighted by Gasteiger charge is -2.48. The molecule has 1 spiro atoms. The maximum absolute atomic E-state index is 6.38. The van der Waals surface area contributed by atoms with Crippen molar-refractivity contribution in [3.63, 3.8) is 0 Å². The van der Waals surface area contributed by atoms with E-state index in [1.54, 1.807) is 0 Å². The third kappa shape index (κ3) is 2.02. The monoisotopic (exact) mass is 266 g/mol. The summed E-state index contributed by atoms with van der Waals surface area (Å²) in [5.74, 6) is 0.944. The topological polar surface area (TPSA) is 18.5 Å². The van der Waals surface area contributed by atoms with E-state index in [-0.39, 0.29) is 16.6 Å². The summed E-state index contributed by atoms with van der Waals surface area (Å²) in [6, 6.07) is 8.19. The Morgan fingerprint density at radius 3 is 2.83 bits per heavy atom.